The summed E-state index contributed by atoms with van der Waals surface area (Å²) < 4.78 is 0. The van der Waals surface area contributed by atoms with Gasteiger partial charge in [0.15, 0.2) is 0 Å². The zero-order chi connectivity index (χ0) is 10.7. The summed E-state index contributed by atoms with van der Waals surface area (Å²) in [4.78, 5) is 13.8. The fourth-order valence-electron chi connectivity index (χ4n) is 2.99. The molecule has 15 heavy (non-hydrogen) atoms. The zero-order valence-electron chi connectivity index (χ0n) is 9.67. The van der Waals surface area contributed by atoms with Gasteiger partial charge in [0, 0.05) is 25.4 Å². The van der Waals surface area contributed by atoms with Gasteiger partial charge in [0.25, 0.3) is 0 Å². The first-order chi connectivity index (χ1) is 7.29. The van der Waals surface area contributed by atoms with Gasteiger partial charge in [-0.15, -0.1) is 0 Å². The molecule has 2 atom stereocenters. The highest BCUT2D eigenvalue weighted by Crippen LogP contribution is 2.25. The normalized spacial score (nSPS) is 33.5. The molecule has 1 saturated heterocycles. The maximum Gasteiger partial charge on any atom is 0.134 e. The lowest BCUT2D eigenvalue weighted by atomic mass is 9.96. The fraction of sp³-hybridized carbons (Fsp3) is 0.917. The number of hydrogen-bond donors (Lipinski definition) is 1. The van der Waals surface area contributed by atoms with Crippen molar-refractivity contribution in [2.75, 3.05) is 26.7 Å². The molecule has 0 radical (unpaired) electrons. The number of ketones is 1. The molecule has 1 N–H and O–H groups in total. The lowest BCUT2D eigenvalue weighted by Crippen LogP contribution is -2.43. The molecule has 2 rings (SSSR count). The minimum Gasteiger partial charge on any atom is -0.319 e. The van der Waals surface area contributed by atoms with E-state index in [4.69, 9.17) is 0 Å². The second kappa shape index (κ2) is 5.08. The van der Waals surface area contributed by atoms with Crippen molar-refractivity contribution in [3.63, 3.8) is 0 Å². The molecule has 0 spiro atoms. The summed E-state index contributed by atoms with van der Waals surface area (Å²) in [5, 5.41) is 3.26. The topological polar surface area (TPSA) is 32.3 Å². The van der Waals surface area contributed by atoms with E-state index in [0.29, 0.717) is 11.8 Å². The third-order valence-electron chi connectivity index (χ3n) is 3.78. The number of Topliss-reactive ketones (excluding diaryl/α,β-unsaturated/α-hetero) is 1. The number of nitrogens with one attached hydrogen (secondary N) is 1. The fourth-order valence-corrected chi connectivity index (χ4v) is 2.99. The van der Waals surface area contributed by atoms with Crippen LogP contribution in [-0.4, -0.2) is 43.4 Å². The molecule has 0 aromatic heterocycles. The Balaban J connectivity index is 1.84. The Morgan fingerprint density at radius 3 is 3.00 bits per heavy atom. The van der Waals surface area contributed by atoms with Crippen LogP contribution in [0.15, 0.2) is 0 Å². The molecule has 3 nitrogen and oxygen atoms in total. The number of hydrogen-bond acceptors (Lipinski definition) is 3. The van der Waals surface area contributed by atoms with Crippen molar-refractivity contribution in [3.8, 4) is 0 Å². The van der Waals surface area contributed by atoms with Crippen LogP contribution in [0.5, 0.6) is 0 Å². The van der Waals surface area contributed by atoms with Crippen molar-refractivity contribution in [2.45, 2.75) is 38.1 Å². The van der Waals surface area contributed by atoms with E-state index in [1.165, 1.54) is 25.9 Å². The molecule has 2 aliphatic rings. The predicted octanol–water partition coefficient (Wildman–Crippen LogP) is 1.04. The molecule has 86 valence electrons. The third kappa shape index (κ3) is 2.79. The van der Waals surface area contributed by atoms with Gasteiger partial charge in [0.2, 0.25) is 0 Å². The molecule has 0 bridgehead atoms. The Bertz CT molecular complexity index is 228. The molecule has 0 amide bonds. The van der Waals surface area contributed by atoms with Crippen LogP contribution in [0.1, 0.15) is 32.1 Å². The van der Waals surface area contributed by atoms with Gasteiger partial charge in [-0.25, -0.2) is 0 Å². The first-order valence-corrected chi connectivity index (χ1v) is 6.20. The highest BCUT2D eigenvalue weighted by atomic mass is 16.1. The van der Waals surface area contributed by atoms with Gasteiger partial charge in [-0.05, 0) is 45.3 Å². The van der Waals surface area contributed by atoms with Crippen molar-refractivity contribution in [2.24, 2.45) is 5.92 Å². The third-order valence-corrected chi connectivity index (χ3v) is 3.78. The van der Waals surface area contributed by atoms with E-state index in [1.54, 1.807) is 0 Å². The average molecular weight is 210 g/mol. The SMILES string of the molecule is CNCC1CCCN(C2CCC(=O)C2)C1. The maximum atomic E-state index is 11.3. The standard InChI is InChI=1S/C12H22N2O/c1-13-8-10-3-2-6-14(9-10)11-4-5-12(15)7-11/h10-11,13H,2-9H2,1H3. The largest absolute Gasteiger partial charge is 0.319 e. The van der Waals surface area contributed by atoms with Crippen molar-refractivity contribution in [1.82, 2.24) is 10.2 Å². The number of likely N-dealkylation sites (tertiary alicyclic amines) is 1. The summed E-state index contributed by atoms with van der Waals surface area (Å²) in [6, 6.07) is 0.567. The van der Waals surface area contributed by atoms with Crippen LogP contribution in [0.25, 0.3) is 0 Å². The number of nitrogens with zero attached hydrogens (tertiary/aromatic N) is 1. The van der Waals surface area contributed by atoms with E-state index in [1.807, 2.05) is 7.05 Å². The second-order valence-corrected chi connectivity index (χ2v) is 5.00. The lowest BCUT2D eigenvalue weighted by molar-refractivity contribution is -0.117. The molecule has 1 aliphatic carbocycles. The van der Waals surface area contributed by atoms with Crippen molar-refractivity contribution < 1.29 is 4.79 Å². The number of rotatable bonds is 3. The Kier molecular flexibility index (Phi) is 3.76. The van der Waals surface area contributed by atoms with E-state index >= 15 is 0 Å². The summed E-state index contributed by atoms with van der Waals surface area (Å²) in [7, 11) is 2.03. The molecule has 3 heteroatoms. The van der Waals surface area contributed by atoms with Gasteiger partial charge >= 0.3 is 0 Å². The monoisotopic (exact) mass is 210 g/mol. The van der Waals surface area contributed by atoms with Gasteiger partial charge in [0.1, 0.15) is 5.78 Å². The van der Waals surface area contributed by atoms with Crippen LogP contribution in [0.3, 0.4) is 0 Å². The molecule has 1 aliphatic heterocycles. The van der Waals surface area contributed by atoms with E-state index in [2.05, 4.69) is 10.2 Å². The Hall–Kier alpha value is -0.410. The van der Waals surface area contributed by atoms with Crippen LogP contribution >= 0.6 is 0 Å². The quantitative estimate of drug-likeness (QED) is 0.755. The predicted molar refractivity (Wildman–Crippen MR) is 60.9 cm³/mol. The second-order valence-electron chi connectivity index (χ2n) is 5.00. The highest BCUT2D eigenvalue weighted by molar-refractivity contribution is 5.81. The Labute approximate surface area is 92.2 Å². The molecule has 1 heterocycles. The van der Waals surface area contributed by atoms with Crippen LogP contribution in [0, 0.1) is 5.92 Å². The molecule has 1 saturated carbocycles. The molecule has 0 aromatic rings. The summed E-state index contributed by atoms with van der Waals surface area (Å²) >= 11 is 0. The maximum absolute atomic E-state index is 11.3. The van der Waals surface area contributed by atoms with E-state index in [9.17, 15) is 4.79 Å². The van der Waals surface area contributed by atoms with Gasteiger partial charge in [-0.2, -0.15) is 0 Å². The molecular formula is C12H22N2O. The van der Waals surface area contributed by atoms with E-state index in [0.717, 1.165) is 31.7 Å². The summed E-state index contributed by atoms with van der Waals surface area (Å²) in [5.74, 6) is 1.26. The van der Waals surface area contributed by atoms with Crippen LogP contribution in [0.4, 0.5) is 0 Å². The summed E-state index contributed by atoms with van der Waals surface area (Å²) in [6.45, 7) is 3.52. The number of carbonyl (C=O) groups is 1. The Morgan fingerprint density at radius 2 is 2.33 bits per heavy atom. The summed E-state index contributed by atoms with van der Waals surface area (Å²) in [6.07, 6.45) is 5.38. The Morgan fingerprint density at radius 1 is 1.47 bits per heavy atom. The minimum absolute atomic E-state index is 0.468. The van der Waals surface area contributed by atoms with Crippen molar-refractivity contribution in [1.29, 1.82) is 0 Å². The first-order valence-electron chi connectivity index (χ1n) is 6.20. The van der Waals surface area contributed by atoms with Crippen LogP contribution in [0.2, 0.25) is 0 Å². The molecule has 2 fully saturated rings. The molecule has 2 unspecified atom stereocenters. The number of carbonyl (C=O) groups excluding carboxylic acids is 1. The summed E-state index contributed by atoms with van der Waals surface area (Å²) in [5.41, 5.74) is 0. The number of piperidine rings is 1. The highest BCUT2D eigenvalue weighted by Gasteiger charge is 2.30. The van der Waals surface area contributed by atoms with Gasteiger partial charge in [0.05, 0.1) is 0 Å². The van der Waals surface area contributed by atoms with Crippen molar-refractivity contribution >= 4 is 5.78 Å². The van der Waals surface area contributed by atoms with E-state index in [-0.39, 0.29) is 0 Å². The molecule has 0 aromatic carbocycles. The average Bonchev–Trinajstić information content (AvgIpc) is 2.66. The first kappa shape index (κ1) is 11.1. The lowest BCUT2D eigenvalue weighted by Gasteiger charge is -2.36. The smallest absolute Gasteiger partial charge is 0.134 e. The zero-order valence-corrected chi connectivity index (χ0v) is 9.67. The van der Waals surface area contributed by atoms with Crippen molar-refractivity contribution in [3.05, 3.63) is 0 Å². The van der Waals surface area contributed by atoms with E-state index < -0.39 is 0 Å². The molecular weight excluding hydrogens is 188 g/mol. The van der Waals surface area contributed by atoms with Crippen LogP contribution in [-0.2, 0) is 4.79 Å². The minimum atomic E-state index is 0.468. The van der Waals surface area contributed by atoms with Gasteiger partial charge in [-0.1, -0.05) is 0 Å². The van der Waals surface area contributed by atoms with Gasteiger partial charge in [-0.3, -0.25) is 9.69 Å². The van der Waals surface area contributed by atoms with Crippen LogP contribution < -0.4 is 5.32 Å². The van der Waals surface area contributed by atoms with Gasteiger partial charge < -0.3 is 5.32 Å².